The topological polar surface area (TPSA) is 197 Å². The van der Waals surface area contributed by atoms with Gasteiger partial charge in [-0.2, -0.15) is 13.2 Å². The number of carboxylic acids is 1. The summed E-state index contributed by atoms with van der Waals surface area (Å²) < 4.78 is 72.6. The first-order valence-electron chi connectivity index (χ1n) is 16.5. The molecule has 1 spiro atoms. The molecule has 4 atom stereocenters. The van der Waals surface area contributed by atoms with Crippen molar-refractivity contribution in [2.24, 2.45) is 5.73 Å². The standard InChI is InChI=1S/C35H42F3N6O7P/c1-20(30(45)43-27(31(46)47)10-7-15-41-32(39)40)44-52(48,33(2,3)4)51-23-12-14-26-29(17-23)50-28-16-22(42-19-34(36,37)38)11-13-25(28)35(26)24-9-6-5-8-21(24)18-49-35/h5-6,8-9,11-14,16-17,20,27,42H,7,10,15,18-19H2,1-4H3,(H,43,45)(H,44,48)(H,46,47)(H4,39,40,41)/t20-,27-,35?,52?/m0/s1. The molecule has 0 bridgehead atoms. The zero-order chi connectivity index (χ0) is 38.1. The minimum absolute atomic E-state index is 0.0509. The average molecular weight is 747 g/mol. The number of rotatable bonds is 13. The van der Waals surface area contributed by atoms with E-state index in [4.69, 9.17) is 25.1 Å². The zero-order valence-corrected chi connectivity index (χ0v) is 29.9. The summed E-state index contributed by atoms with van der Waals surface area (Å²) in [7, 11) is -3.97. The molecular weight excluding hydrogens is 704 g/mol. The average Bonchev–Trinajstić information content (AvgIpc) is 3.43. The Bertz CT molecular complexity index is 1900. The molecule has 2 aliphatic heterocycles. The number of hydrogen-bond acceptors (Lipinski definition) is 8. The highest BCUT2D eigenvalue weighted by molar-refractivity contribution is 7.59. The fraction of sp³-hybridized carbons (Fsp3) is 0.400. The minimum Gasteiger partial charge on any atom is -0.480 e. The number of ether oxygens (including phenoxy) is 2. The molecule has 2 unspecified atom stereocenters. The number of benzene rings is 3. The second-order valence-corrected chi connectivity index (χ2v) is 16.5. The van der Waals surface area contributed by atoms with Gasteiger partial charge in [0.25, 0.3) is 0 Å². The Hall–Kier alpha value is -4.79. The number of alkyl halides is 3. The number of nitrogens with two attached hydrogens (primary N) is 1. The molecule has 0 saturated carbocycles. The summed E-state index contributed by atoms with van der Waals surface area (Å²) in [6, 6.07) is 14.7. The van der Waals surface area contributed by atoms with Gasteiger partial charge in [-0.15, -0.1) is 0 Å². The van der Waals surface area contributed by atoms with Gasteiger partial charge in [0.05, 0.1) is 17.8 Å². The second kappa shape index (κ2) is 14.7. The van der Waals surface area contributed by atoms with Gasteiger partial charge in [0, 0.05) is 35.5 Å². The van der Waals surface area contributed by atoms with E-state index >= 15 is 0 Å². The van der Waals surface area contributed by atoms with Crippen LogP contribution in [0.2, 0.25) is 0 Å². The van der Waals surface area contributed by atoms with Gasteiger partial charge in [0.2, 0.25) is 5.91 Å². The van der Waals surface area contributed by atoms with E-state index < -0.39 is 55.0 Å². The van der Waals surface area contributed by atoms with Crippen LogP contribution in [0.4, 0.5) is 18.9 Å². The van der Waals surface area contributed by atoms with E-state index in [0.717, 1.165) is 11.1 Å². The van der Waals surface area contributed by atoms with Crippen LogP contribution in [0.25, 0.3) is 0 Å². The van der Waals surface area contributed by atoms with Crippen molar-refractivity contribution in [3.05, 3.63) is 82.9 Å². The monoisotopic (exact) mass is 746 g/mol. The lowest BCUT2D eigenvalue weighted by atomic mass is 9.77. The van der Waals surface area contributed by atoms with Crippen molar-refractivity contribution >= 4 is 31.0 Å². The van der Waals surface area contributed by atoms with Gasteiger partial charge in [0.15, 0.2) is 11.6 Å². The first-order chi connectivity index (χ1) is 24.3. The van der Waals surface area contributed by atoms with E-state index in [9.17, 15) is 32.4 Å². The first-order valence-corrected chi connectivity index (χ1v) is 18.1. The molecule has 0 aliphatic carbocycles. The Morgan fingerprint density at radius 3 is 2.38 bits per heavy atom. The van der Waals surface area contributed by atoms with Crippen LogP contribution in [0.15, 0.2) is 60.7 Å². The normalized spacial score (nSPS) is 18.4. The Morgan fingerprint density at radius 1 is 1.06 bits per heavy atom. The molecule has 1 amide bonds. The van der Waals surface area contributed by atoms with Crippen molar-refractivity contribution in [2.75, 3.05) is 18.4 Å². The van der Waals surface area contributed by atoms with E-state index in [2.05, 4.69) is 21.0 Å². The van der Waals surface area contributed by atoms with Crippen LogP contribution in [0.3, 0.4) is 0 Å². The van der Waals surface area contributed by atoms with E-state index in [1.54, 1.807) is 39.0 Å². The van der Waals surface area contributed by atoms with E-state index in [-0.39, 0.29) is 48.5 Å². The second-order valence-electron chi connectivity index (χ2n) is 13.6. The smallest absolute Gasteiger partial charge is 0.405 e. The number of carboxylic acid groups (broad SMARTS) is 1. The maximum absolute atomic E-state index is 14.6. The quantitative estimate of drug-likeness (QED) is 0.0485. The number of carbonyl (C=O) groups is 2. The van der Waals surface area contributed by atoms with Gasteiger partial charge in [0.1, 0.15) is 29.8 Å². The summed E-state index contributed by atoms with van der Waals surface area (Å²) in [5, 5.41) is 26.0. The highest BCUT2D eigenvalue weighted by Gasteiger charge is 2.50. The Labute approximate surface area is 298 Å². The summed E-state index contributed by atoms with van der Waals surface area (Å²) >= 11 is 0. The van der Waals surface area contributed by atoms with Crippen LogP contribution >= 0.6 is 7.52 Å². The number of halogens is 3. The fourth-order valence-electron chi connectivity index (χ4n) is 6.01. The van der Waals surface area contributed by atoms with Gasteiger partial charge in [-0.25, -0.2) is 9.88 Å². The molecule has 3 aromatic carbocycles. The number of anilines is 1. The fourth-order valence-corrected chi connectivity index (χ4v) is 7.76. The molecule has 2 heterocycles. The van der Waals surface area contributed by atoms with Crippen LogP contribution < -0.4 is 36.0 Å². The molecule has 0 aromatic heterocycles. The van der Waals surface area contributed by atoms with Gasteiger partial charge in [-0.3, -0.25) is 14.8 Å². The molecule has 0 saturated heterocycles. The Kier molecular flexibility index (Phi) is 10.9. The Balaban J connectivity index is 1.43. The van der Waals surface area contributed by atoms with Crippen LogP contribution in [-0.4, -0.2) is 59.4 Å². The maximum atomic E-state index is 14.6. The predicted molar refractivity (Wildman–Crippen MR) is 188 cm³/mol. The van der Waals surface area contributed by atoms with Crippen molar-refractivity contribution in [3.8, 4) is 17.2 Å². The number of fused-ring (bicyclic) bond motifs is 6. The first kappa shape index (κ1) is 38.4. The van der Waals surface area contributed by atoms with Crippen LogP contribution in [0.5, 0.6) is 17.2 Å². The maximum Gasteiger partial charge on any atom is 0.405 e. The van der Waals surface area contributed by atoms with E-state index in [0.29, 0.717) is 17.5 Å². The molecule has 17 heteroatoms. The molecule has 52 heavy (non-hydrogen) atoms. The van der Waals surface area contributed by atoms with Crippen LogP contribution in [0.1, 0.15) is 62.8 Å². The number of carbonyl (C=O) groups excluding carboxylic acids is 1. The minimum atomic E-state index is -4.44. The van der Waals surface area contributed by atoms with Crippen LogP contribution in [-0.2, 0) is 31.1 Å². The largest absolute Gasteiger partial charge is 0.480 e. The van der Waals surface area contributed by atoms with Crippen molar-refractivity contribution < 1.29 is 46.4 Å². The SMILES string of the molecule is C[C@H](NP(=O)(Oc1ccc2c(c1)Oc1cc(NCC(F)(F)F)ccc1C21OCc2ccccc21)C(C)(C)C)C(=O)N[C@@H](CCCNC(=N)N)C(=O)O. The number of aliphatic carboxylic acids is 1. The molecule has 2 aliphatic rings. The molecule has 8 N–H and O–H groups in total. The van der Waals surface area contributed by atoms with Crippen LogP contribution in [0, 0.1) is 5.41 Å². The van der Waals surface area contributed by atoms with Gasteiger partial charge in [-0.1, -0.05) is 24.3 Å². The van der Waals surface area contributed by atoms with Gasteiger partial charge >= 0.3 is 19.7 Å². The van der Waals surface area contributed by atoms with Crippen molar-refractivity contribution in [3.63, 3.8) is 0 Å². The predicted octanol–water partition coefficient (Wildman–Crippen LogP) is 5.77. The third kappa shape index (κ3) is 8.14. The molecule has 13 nitrogen and oxygen atoms in total. The lowest BCUT2D eigenvalue weighted by Crippen LogP contribution is -2.49. The third-order valence-electron chi connectivity index (χ3n) is 8.72. The van der Waals surface area contributed by atoms with Crippen molar-refractivity contribution in [1.82, 2.24) is 15.7 Å². The summed E-state index contributed by atoms with van der Waals surface area (Å²) in [6.07, 6.45) is -4.09. The number of hydrogen-bond donors (Lipinski definition) is 7. The third-order valence-corrected chi connectivity index (χ3v) is 11.7. The number of guanidine groups is 1. The molecule has 0 radical (unpaired) electrons. The molecular formula is C35H42F3N6O7P. The summed E-state index contributed by atoms with van der Waals surface area (Å²) in [5.74, 6) is -1.63. The summed E-state index contributed by atoms with van der Waals surface area (Å²) in [5.41, 5.74) is 7.22. The summed E-state index contributed by atoms with van der Waals surface area (Å²) in [6.45, 7) is 5.67. The number of amides is 1. The molecule has 3 aromatic rings. The lowest BCUT2D eigenvalue weighted by molar-refractivity contribution is -0.142. The highest BCUT2D eigenvalue weighted by Crippen LogP contribution is 2.59. The molecule has 0 fully saturated rings. The van der Waals surface area contributed by atoms with Gasteiger partial charge in [-0.05, 0) is 75.9 Å². The number of nitrogens with one attached hydrogen (secondary N) is 5. The molecule has 5 rings (SSSR count). The van der Waals surface area contributed by atoms with E-state index in [1.807, 2.05) is 24.3 Å². The van der Waals surface area contributed by atoms with Crippen molar-refractivity contribution in [2.45, 2.75) is 76.2 Å². The zero-order valence-electron chi connectivity index (χ0n) is 29.0. The van der Waals surface area contributed by atoms with Crippen molar-refractivity contribution in [1.29, 1.82) is 5.41 Å². The Morgan fingerprint density at radius 2 is 1.73 bits per heavy atom. The lowest BCUT2D eigenvalue weighted by Gasteiger charge is -2.38. The highest BCUT2D eigenvalue weighted by atomic mass is 31.2. The van der Waals surface area contributed by atoms with E-state index in [1.165, 1.54) is 25.1 Å². The molecule has 280 valence electrons. The summed E-state index contributed by atoms with van der Waals surface area (Å²) in [4.78, 5) is 25.0. The van der Waals surface area contributed by atoms with Gasteiger partial charge < -0.3 is 40.8 Å².